The van der Waals surface area contributed by atoms with Crippen LogP contribution in [0.25, 0.3) is 0 Å². The average molecular weight is 382 g/mol. The molecule has 6 heteroatoms. The number of carbonyl (C=O) groups excluding carboxylic acids is 1. The van der Waals surface area contributed by atoms with Crippen LogP contribution in [0.15, 0.2) is 58.1 Å². The molecule has 0 saturated carbocycles. The van der Waals surface area contributed by atoms with Crippen LogP contribution in [0.4, 0.5) is 0 Å². The fourth-order valence-corrected chi connectivity index (χ4v) is 2.08. The highest BCUT2D eigenvalue weighted by Crippen LogP contribution is 2.16. The number of benzene rings is 2. The summed E-state index contributed by atoms with van der Waals surface area (Å²) in [5, 5.41) is 4.61. The van der Waals surface area contributed by atoms with Crippen LogP contribution in [-0.4, -0.2) is 18.2 Å². The van der Waals surface area contributed by atoms with Gasteiger partial charge in [-0.2, -0.15) is 5.10 Å². The Labute approximate surface area is 142 Å². The van der Waals surface area contributed by atoms with E-state index in [1.54, 1.807) is 24.3 Å². The minimum Gasteiger partial charge on any atom is -0.484 e. The van der Waals surface area contributed by atoms with E-state index in [1.807, 2.05) is 31.2 Å². The van der Waals surface area contributed by atoms with Gasteiger partial charge in [0, 0.05) is 9.50 Å². The van der Waals surface area contributed by atoms with Crippen molar-refractivity contribution < 1.29 is 9.53 Å². The molecule has 0 aliphatic heterocycles. The Morgan fingerprint density at radius 2 is 2.00 bits per heavy atom. The zero-order chi connectivity index (χ0) is 15.9. The quantitative estimate of drug-likeness (QED) is 0.628. The van der Waals surface area contributed by atoms with Crippen molar-refractivity contribution in [1.82, 2.24) is 5.43 Å². The third kappa shape index (κ3) is 5.16. The van der Waals surface area contributed by atoms with E-state index in [4.69, 9.17) is 16.3 Å². The van der Waals surface area contributed by atoms with Crippen LogP contribution in [0.3, 0.4) is 0 Å². The molecule has 22 heavy (non-hydrogen) atoms. The average Bonchev–Trinajstić information content (AvgIpc) is 2.51. The predicted octanol–water partition coefficient (Wildman–Crippen LogP) is 4.02. The largest absolute Gasteiger partial charge is 0.484 e. The highest BCUT2D eigenvalue weighted by atomic mass is 79.9. The maximum atomic E-state index is 11.7. The number of amides is 1. The summed E-state index contributed by atoms with van der Waals surface area (Å²) in [7, 11) is 0. The summed E-state index contributed by atoms with van der Waals surface area (Å²) in [6, 6.07) is 14.5. The lowest BCUT2D eigenvalue weighted by Gasteiger charge is -2.06. The van der Waals surface area contributed by atoms with Gasteiger partial charge in [-0.15, -0.1) is 0 Å². The number of halogens is 2. The molecular formula is C16H14BrClN2O2. The molecule has 4 nitrogen and oxygen atoms in total. The molecule has 114 valence electrons. The maximum Gasteiger partial charge on any atom is 0.277 e. The molecule has 0 heterocycles. The number of ether oxygens (including phenoxy) is 1. The number of nitrogens with zero attached hydrogens (tertiary/aromatic N) is 1. The van der Waals surface area contributed by atoms with Crippen molar-refractivity contribution in [3.05, 3.63) is 63.6 Å². The van der Waals surface area contributed by atoms with E-state index in [2.05, 4.69) is 26.5 Å². The second-order valence-electron chi connectivity index (χ2n) is 4.49. The van der Waals surface area contributed by atoms with E-state index < -0.39 is 0 Å². The molecular weight excluding hydrogens is 368 g/mol. The minimum absolute atomic E-state index is 0.128. The molecule has 0 spiro atoms. The van der Waals surface area contributed by atoms with Crippen molar-refractivity contribution in [3.63, 3.8) is 0 Å². The van der Waals surface area contributed by atoms with Crippen LogP contribution < -0.4 is 10.2 Å². The number of hydrazone groups is 1. The van der Waals surface area contributed by atoms with Crippen LogP contribution in [-0.2, 0) is 4.79 Å². The fraction of sp³-hybridized carbons (Fsp3) is 0.125. The highest BCUT2D eigenvalue weighted by Gasteiger charge is 2.03. The Bertz CT molecular complexity index is 687. The Morgan fingerprint density at radius 1 is 1.27 bits per heavy atom. The number of carbonyl (C=O) groups is 1. The van der Waals surface area contributed by atoms with Crippen molar-refractivity contribution in [2.75, 3.05) is 6.61 Å². The molecule has 0 saturated heterocycles. The normalized spacial score (nSPS) is 11.1. The zero-order valence-electron chi connectivity index (χ0n) is 11.8. The van der Waals surface area contributed by atoms with Crippen LogP contribution in [0.5, 0.6) is 5.75 Å². The van der Waals surface area contributed by atoms with Crippen LogP contribution in [0, 0.1) is 0 Å². The topological polar surface area (TPSA) is 50.7 Å². The van der Waals surface area contributed by atoms with Gasteiger partial charge in [0.1, 0.15) is 5.75 Å². The van der Waals surface area contributed by atoms with E-state index >= 15 is 0 Å². The molecule has 0 atom stereocenters. The van der Waals surface area contributed by atoms with E-state index in [9.17, 15) is 4.79 Å². The predicted molar refractivity (Wildman–Crippen MR) is 91.4 cm³/mol. The summed E-state index contributed by atoms with van der Waals surface area (Å²) >= 11 is 9.21. The number of nitrogens with one attached hydrogen (secondary N) is 1. The van der Waals surface area contributed by atoms with Gasteiger partial charge in [0.05, 0.1) is 5.71 Å². The van der Waals surface area contributed by atoms with Crippen LogP contribution in [0.1, 0.15) is 12.5 Å². The molecule has 2 aromatic rings. The first-order valence-electron chi connectivity index (χ1n) is 6.52. The lowest BCUT2D eigenvalue weighted by molar-refractivity contribution is -0.123. The van der Waals surface area contributed by atoms with Crippen molar-refractivity contribution >= 4 is 39.1 Å². The maximum absolute atomic E-state index is 11.7. The molecule has 0 fully saturated rings. The van der Waals surface area contributed by atoms with Gasteiger partial charge in [0.25, 0.3) is 5.91 Å². The zero-order valence-corrected chi connectivity index (χ0v) is 14.2. The van der Waals surface area contributed by atoms with Gasteiger partial charge < -0.3 is 4.74 Å². The van der Waals surface area contributed by atoms with Gasteiger partial charge >= 0.3 is 0 Å². The summed E-state index contributed by atoms with van der Waals surface area (Å²) in [4.78, 5) is 11.7. The SMILES string of the molecule is C/C(=N/NC(=O)COc1cccc(Cl)c1)c1ccc(Br)cc1. The lowest BCUT2D eigenvalue weighted by Crippen LogP contribution is -2.25. The molecule has 0 bridgehead atoms. The van der Waals surface area contributed by atoms with E-state index in [1.165, 1.54) is 0 Å². The van der Waals surface area contributed by atoms with E-state index in [0.29, 0.717) is 16.5 Å². The highest BCUT2D eigenvalue weighted by molar-refractivity contribution is 9.10. The van der Waals surface area contributed by atoms with E-state index in [0.717, 1.165) is 10.0 Å². The Hall–Kier alpha value is -1.85. The summed E-state index contributed by atoms with van der Waals surface area (Å²) < 4.78 is 6.32. The second-order valence-corrected chi connectivity index (χ2v) is 5.84. The standard InChI is InChI=1S/C16H14BrClN2O2/c1-11(12-5-7-13(17)8-6-12)19-20-16(21)10-22-15-4-2-3-14(18)9-15/h2-9H,10H2,1H3,(H,20,21)/b19-11-. The van der Waals surface area contributed by atoms with Crippen molar-refractivity contribution in [3.8, 4) is 5.75 Å². The first-order valence-corrected chi connectivity index (χ1v) is 7.69. The number of rotatable bonds is 5. The van der Waals surface area contributed by atoms with Gasteiger partial charge in [-0.05, 0) is 42.8 Å². The smallest absolute Gasteiger partial charge is 0.277 e. The van der Waals surface area contributed by atoms with Gasteiger partial charge in [-0.25, -0.2) is 5.43 Å². The fourth-order valence-electron chi connectivity index (χ4n) is 1.64. The van der Waals surface area contributed by atoms with Crippen LogP contribution >= 0.6 is 27.5 Å². The molecule has 0 unspecified atom stereocenters. The molecule has 1 N–H and O–H groups in total. The summed E-state index contributed by atoms with van der Waals surface area (Å²) in [6.45, 7) is 1.69. The minimum atomic E-state index is -0.337. The third-order valence-electron chi connectivity index (χ3n) is 2.78. The van der Waals surface area contributed by atoms with Gasteiger partial charge in [0.2, 0.25) is 0 Å². The number of hydrogen-bond acceptors (Lipinski definition) is 3. The molecule has 2 rings (SSSR count). The molecule has 0 aliphatic rings. The van der Waals surface area contributed by atoms with Crippen LogP contribution in [0.2, 0.25) is 5.02 Å². The Kier molecular flexibility index (Phi) is 5.98. The first-order chi connectivity index (χ1) is 10.5. The molecule has 0 aromatic heterocycles. The van der Waals surface area contributed by atoms with Crippen molar-refractivity contribution in [2.24, 2.45) is 5.10 Å². The molecule has 2 aromatic carbocycles. The Balaban J connectivity index is 1.86. The van der Waals surface area contributed by atoms with Gasteiger partial charge in [-0.3, -0.25) is 4.79 Å². The van der Waals surface area contributed by atoms with Crippen molar-refractivity contribution in [1.29, 1.82) is 0 Å². The van der Waals surface area contributed by atoms with Gasteiger partial charge in [0.15, 0.2) is 6.61 Å². The second kappa shape index (κ2) is 7.96. The van der Waals surface area contributed by atoms with Crippen molar-refractivity contribution in [2.45, 2.75) is 6.92 Å². The van der Waals surface area contributed by atoms with E-state index in [-0.39, 0.29) is 12.5 Å². The summed E-state index contributed by atoms with van der Waals surface area (Å²) in [5.74, 6) is 0.202. The van der Waals surface area contributed by atoms with Gasteiger partial charge in [-0.1, -0.05) is 45.7 Å². The molecule has 0 radical (unpaired) electrons. The summed E-state index contributed by atoms with van der Waals surface area (Å²) in [6.07, 6.45) is 0. The summed E-state index contributed by atoms with van der Waals surface area (Å²) in [5.41, 5.74) is 4.10. The lowest BCUT2D eigenvalue weighted by atomic mass is 10.1. The monoisotopic (exact) mass is 380 g/mol. The Morgan fingerprint density at radius 3 is 2.68 bits per heavy atom. The third-order valence-corrected chi connectivity index (χ3v) is 3.54. The molecule has 1 amide bonds. The number of hydrogen-bond donors (Lipinski definition) is 1. The molecule has 0 aliphatic carbocycles. The first kappa shape index (κ1) is 16.5.